The lowest BCUT2D eigenvalue weighted by Gasteiger charge is -2.25. The number of rotatable bonds is 13. The van der Waals surface area contributed by atoms with Crippen LogP contribution in [0.4, 0.5) is 5.69 Å². The molecule has 0 bridgehead atoms. The Kier molecular flexibility index (Phi) is 13.3. The van der Waals surface area contributed by atoms with Crippen molar-refractivity contribution in [3.63, 3.8) is 0 Å². The van der Waals surface area contributed by atoms with Crippen molar-refractivity contribution in [2.45, 2.75) is 52.6 Å². The second kappa shape index (κ2) is 16.2. The number of phosphoric ester groups is 1. The molecule has 0 aliphatic carbocycles. The Hall–Kier alpha value is -2.43. The lowest BCUT2D eigenvalue weighted by atomic mass is 10.1. The average Bonchev–Trinajstić information content (AvgIpc) is 2.86. The molecule has 1 N–H and O–H groups in total. The molecule has 0 aromatic heterocycles. The Morgan fingerprint density at radius 1 is 0.676 bits per heavy atom. The number of hydrogen-bond donors (Lipinski definition) is 1. The van der Waals surface area contributed by atoms with E-state index < -0.39 is 7.82 Å². The second-order valence-corrected chi connectivity index (χ2v) is 9.46. The fraction of sp³-hybridized carbons (Fsp3) is 0.357. The number of para-hydroxylation sites is 1. The van der Waals surface area contributed by atoms with Crippen molar-refractivity contribution in [2.75, 3.05) is 18.1 Å². The number of anilines is 1. The Bertz CT molecular complexity index is 883. The number of nitrogens with zero attached hydrogens (tertiary/aromatic N) is 1. The zero-order chi connectivity index (χ0) is 24.5. The van der Waals surface area contributed by atoms with E-state index in [2.05, 4.69) is 95.9 Å². The molecule has 0 saturated carbocycles. The van der Waals surface area contributed by atoms with E-state index in [-0.39, 0.29) is 13.2 Å². The fourth-order valence-corrected chi connectivity index (χ4v) is 3.96. The van der Waals surface area contributed by atoms with E-state index in [9.17, 15) is 4.57 Å². The lowest BCUT2D eigenvalue weighted by molar-refractivity contribution is 0.146. The van der Waals surface area contributed by atoms with Gasteiger partial charge in [0.25, 0.3) is 0 Å². The van der Waals surface area contributed by atoms with Crippen LogP contribution in [0, 0.1) is 0 Å². The van der Waals surface area contributed by atoms with Crippen LogP contribution < -0.4 is 4.90 Å². The molecular formula is C28H38NO4P. The molecule has 5 nitrogen and oxygen atoms in total. The highest BCUT2D eigenvalue weighted by atomic mass is 31.2. The van der Waals surface area contributed by atoms with E-state index >= 15 is 0 Å². The quantitative estimate of drug-likeness (QED) is 0.200. The van der Waals surface area contributed by atoms with E-state index in [4.69, 9.17) is 13.9 Å². The van der Waals surface area contributed by atoms with Gasteiger partial charge in [-0.1, -0.05) is 106 Å². The van der Waals surface area contributed by atoms with Gasteiger partial charge in [0.1, 0.15) is 0 Å². The summed E-state index contributed by atoms with van der Waals surface area (Å²) in [6.07, 6.45) is 3.44. The Labute approximate surface area is 205 Å². The fourth-order valence-electron chi connectivity index (χ4n) is 3.17. The number of hydrogen-bond acceptors (Lipinski definition) is 4. The van der Waals surface area contributed by atoms with E-state index in [1.54, 1.807) is 0 Å². The molecule has 0 spiro atoms. The van der Waals surface area contributed by atoms with Crippen LogP contribution >= 0.6 is 7.82 Å². The number of benzene rings is 3. The van der Waals surface area contributed by atoms with Crippen molar-refractivity contribution in [3.8, 4) is 0 Å². The van der Waals surface area contributed by atoms with Gasteiger partial charge < -0.3 is 9.79 Å². The zero-order valence-corrected chi connectivity index (χ0v) is 21.3. The largest absolute Gasteiger partial charge is 0.472 e. The second-order valence-electron chi connectivity index (χ2n) is 8.00. The van der Waals surface area contributed by atoms with Gasteiger partial charge in [0, 0.05) is 18.8 Å². The van der Waals surface area contributed by atoms with Crippen LogP contribution in [-0.4, -0.2) is 18.1 Å². The third kappa shape index (κ3) is 11.6. The van der Waals surface area contributed by atoms with Gasteiger partial charge in [-0.2, -0.15) is 0 Å². The normalized spacial score (nSPS) is 10.9. The predicted octanol–water partition coefficient (Wildman–Crippen LogP) is 7.61. The number of phosphoric acid groups is 1. The van der Waals surface area contributed by atoms with Crippen LogP contribution in [0.25, 0.3) is 0 Å². The van der Waals surface area contributed by atoms with Crippen molar-refractivity contribution in [1.82, 2.24) is 0 Å². The first kappa shape index (κ1) is 27.8. The molecule has 0 amide bonds. The molecule has 3 rings (SSSR count). The van der Waals surface area contributed by atoms with Crippen LogP contribution in [-0.2, 0) is 26.7 Å². The third-order valence-corrected chi connectivity index (χ3v) is 6.08. The van der Waals surface area contributed by atoms with Crippen LogP contribution in [0.2, 0.25) is 0 Å². The molecule has 0 unspecified atom stereocenters. The summed E-state index contributed by atoms with van der Waals surface area (Å²) >= 11 is 0. The minimum absolute atomic E-state index is 0.288. The molecule has 3 aromatic carbocycles. The maximum Gasteiger partial charge on any atom is 0.472 e. The summed E-state index contributed by atoms with van der Waals surface area (Å²) in [7, 11) is -3.75. The molecule has 184 valence electrons. The molecule has 3 aromatic rings. The number of unbranched alkanes of at least 4 members (excludes halogenated alkanes) is 2. The minimum Gasteiger partial charge on any atom is -0.363 e. The monoisotopic (exact) mass is 483 g/mol. The van der Waals surface area contributed by atoms with Crippen LogP contribution in [0.5, 0.6) is 0 Å². The molecule has 0 saturated heterocycles. The molecule has 0 radical (unpaired) electrons. The first-order valence-corrected chi connectivity index (χ1v) is 13.5. The average molecular weight is 484 g/mol. The summed E-state index contributed by atoms with van der Waals surface area (Å²) in [5.74, 6) is 0. The van der Waals surface area contributed by atoms with Gasteiger partial charge >= 0.3 is 7.82 Å². The van der Waals surface area contributed by atoms with Crippen molar-refractivity contribution < 1.29 is 18.5 Å². The molecule has 0 aliphatic heterocycles. The molecule has 0 heterocycles. The molecular weight excluding hydrogens is 445 g/mol. The topological polar surface area (TPSA) is 59.0 Å². The smallest absolute Gasteiger partial charge is 0.363 e. The van der Waals surface area contributed by atoms with E-state index in [0.717, 1.165) is 38.8 Å². The van der Waals surface area contributed by atoms with Gasteiger partial charge in [-0.15, -0.1) is 0 Å². The summed E-state index contributed by atoms with van der Waals surface area (Å²) < 4.78 is 20.5. The van der Waals surface area contributed by atoms with Crippen molar-refractivity contribution in [1.29, 1.82) is 0 Å². The van der Waals surface area contributed by atoms with E-state index in [1.807, 2.05) is 13.8 Å². The maximum atomic E-state index is 11.1. The van der Waals surface area contributed by atoms with Gasteiger partial charge in [-0.05, 0) is 36.1 Å². The van der Waals surface area contributed by atoms with Crippen molar-refractivity contribution in [2.24, 2.45) is 0 Å². The Morgan fingerprint density at radius 2 is 1.06 bits per heavy atom. The summed E-state index contributed by atoms with van der Waals surface area (Å²) in [4.78, 5) is 11.5. The van der Waals surface area contributed by atoms with Crippen LogP contribution in [0.1, 0.15) is 50.7 Å². The first-order chi connectivity index (χ1) is 16.5. The predicted molar refractivity (Wildman–Crippen MR) is 141 cm³/mol. The summed E-state index contributed by atoms with van der Waals surface area (Å²) in [6.45, 7) is 6.39. The summed E-state index contributed by atoms with van der Waals surface area (Å²) in [6, 6.07) is 31.8. The third-order valence-electron chi connectivity index (χ3n) is 5.06. The van der Waals surface area contributed by atoms with E-state index in [0.29, 0.717) is 0 Å². The molecule has 6 heteroatoms. The minimum atomic E-state index is -3.75. The van der Waals surface area contributed by atoms with E-state index in [1.165, 1.54) is 16.8 Å². The molecule has 0 fully saturated rings. The van der Waals surface area contributed by atoms with Crippen LogP contribution in [0.15, 0.2) is 91.0 Å². The highest BCUT2D eigenvalue weighted by Gasteiger charge is 2.19. The van der Waals surface area contributed by atoms with Gasteiger partial charge in [0.15, 0.2) is 0 Å². The highest BCUT2D eigenvalue weighted by molar-refractivity contribution is 7.47. The Morgan fingerprint density at radius 3 is 1.44 bits per heavy atom. The van der Waals surface area contributed by atoms with Crippen LogP contribution in [0.3, 0.4) is 0 Å². The van der Waals surface area contributed by atoms with Gasteiger partial charge in [0.05, 0.1) is 13.2 Å². The lowest BCUT2D eigenvalue weighted by Crippen LogP contribution is -2.21. The molecule has 0 aliphatic rings. The van der Waals surface area contributed by atoms with Crippen molar-refractivity contribution >= 4 is 13.5 Å². The SMILES string of the molecule is CCCCOP(=O)(O)OCCCC.c1ccc(CN(Cc2ccccc2)c2ccccc2)cc1. The molecule has 0 atom stereocenters. The first-order valence-electron chi connectivity index (χ1n) is 12.0. The maximum absolute atomic E-state index is 11.1. The summed E-state index contributed by atoms with van der Waals surface area (Å²) in [5.41, 5.74) is 3.92. The standard InChI is InChI=1S/C20H19N.C8H19O4P/c1-4-10-18(11-5-1)16-21(20-14-8-3-9-15-20)17-19-12-6-2-7-13-19;1-3-5-7-11-13(9,10)12-8-6-4-2/h1-15H,16-17H2;3-8H2,1-2H3,(H,9,10). The summed E-state index contributed by atoms with van der Waals surface area (Å²) in [5, 5.41) is 0. The van der Waals surface area contributed by atoms with Crippen molar-refractivity contribution in [3.05, 3.63) is 102 Å². The van der Waals surface area contributed by atoms with Gasteiger partial charge in [-0.25, -0.2) is 4.57 Å². The zero-order valence-electron chi connectivity index (χ0n) is 20.4. The van der Waals surface area contributed by atoms with Gasteiger partial charge in [-0.3, -0.25) is 9.05 Å². The highest BCUT2D eigenvalue weighted by Crippen LogP contribution is 2.43. The van der Waals surface area contributed by atoms with Gasteiger partial charge in [0.2, 0.25) is 0 Å². The Balaban J connectivity index is 0.000000273. The molecule has 34 heavy (non-hydrogen) atoms.